The van der Waals surface area contributed by atoms with Crippen molar-refractivity contribution in [3.8, 4) is 5.75 Å². The molecule has 154 valence electrons. The number of nitrogens with one attached hydrogen (secondary N) is 1. The number of phenolic OH excluding ortho intramolecular Hbond substituents is 1. The highest BCUT2D eigenvalue weighted by molar-refractivity contribution is 5.52. The van der Waals surface area contributed by atoms with Gasteiger partial charge in [0.15, 0.2) is 23.3 Å². The van der Waals surface area contributed by atoms with E-state index in [0.29, 0.717) is 11.1 Å². The number of phenols is 1. The lowest BCUT2D eigenvalue weighted by Gasteiger charge is -2.27. The average molecular weight is 401 g/mol. The molecule has 2 rings (SSSR count). The van der Waals surface area contributed by atoms with Gasteiger partial charge in [0.1, 0.15) is 11.4 Å². The summed E-state index contributed by atoms with van der Waals surface area (Å²) in [5.74, 6) is -10.2. The lowest BCUT2D eigenvalue weighted by molar-refractivity contribution is 0.381. The van der Waals surface area contributed by atoms with Crippen molar-refractivity contribution in [2.75, 3.05) is 5.32 Å². The molecule has 0 aliphatic rings. The summed E-state index contributed by atoms with van der Waals surface area (Å²) in [5.41, 5.74) is -0.0632. The van der Waals surface area contributed by atoms with Crippen LogP contribution in [0.5, 0.6) is 5.75 Å². The van der Waals surface area contributed by atoms with Crippen molar-refractivity contribution in [3.05, 3.63) is 57.9 Å². The van der Waals surface area contributed by atoms with E-state index in [2.05, 4.69) is 5.32 Å². The molecule has 0 saturated heterocycles. The van der Waals surface area contributed by atoms with Crippen LogP contribution in [0.25, 0.3) is 0 Å². The smallest absolute Gasteiger partial charge is 0.200 e. The first-order valence-corrected chi connectivity index (χ1v) is 8.78. The predicted octanol–water partition coefficient (Wildman–Crippen LogP) is 6.29. The molecule has 2 N–H and O–H groups in total. The Hall–Kier alpha value is -2.31. The van der Waals surface area contributed by atoms with E-state index in [1.165, 1.54) is 0 Å². The monoisotopic (exact) mass is 401 g/mol. The number of rotatable bonds is 3. The molecule has 0 aliphatic carbocycles. The molecule has 0 radical (unpaired) electrons. The van der Waals surface area contributed by atoms with Gasteiger partial charge in [-0.3, -0.25) is 0 Å². The Balaban J connectivity index is 2.54. The fraction of sp³-hybridized carbons (Fsp3) is 0.429. The van der Waals surface area contributed by atoms with Crippen LogP contribution < -0.4 is 5.32 Å². The van der Waals surface area contributed by atoms with E-state index in [1.54, 1.807) is 6.07 Å². The van der Waals surface area contributed by atoms with Crippen LogP contribution in [0, 0.1) is 29.1 Å². The Morgan fingerprint density at radius 3 is 1.64 bits per heavy atom. The second-order valence-electron chi connectivity index (χ2n) is 8.83. The Labute approximate surface area is 161 Å². The summed E-state index contributed by atoms with van der Waals surface area (Å²) < 4.78 is 67.8. The van der Waals surface area contributed by atoms with Crippen LogP contribution in [0.4, 0.5) is 27.6 Å². The Morgan fingerprint density at radius 1 is 0.750 bits per heavy atom. The molecule has 0 atom stereocenters. The SMILES string of the molecule is CC(C)(C)c1cc(CNc2c(F)c(F)c(F)c(F)c2F)c(O)c(C(C)(C)C)c1. The van der Waals surface area contributed by atoms with E-state index >= 15 is 0 Å². The summed E-state index contributed by atoms with van der Waals surface area (Å²) in [6.07, 6.45) is 0. The number of benzene rings is 2. The zero-order valence-electron chi connectivity index (χ0n) is 16.7. The van der Waals surface area contributed by atoms with Gasteiger partial charge in [-0.1, -0.05) is 47.6 Å². The van der Waals surface area contributed by atoms with Gasteiger partial charge in [-0.2, -0.15) is 0 Å². The van der Waals surface area contributed by atoms with Gasteiger partial charge in [0.25, 0.3) is 0 Å². The quantitative estimate of drug-likeness (QED) is 0.360. The van der Waals surface area contributed by atoms with Gasteiger partial charge in [0.05, 0.1) is 0 Å². The minimum atomic E-state index is -2.21. The van der Waals surface area contributed by atoms with Crippen LogP contribution in [0.15, 0.2) is 12.1 Å². The summed E-state index contributed by atoms with van der Waals surface area (Å²) >= 11 is 0. The van der Waals surface area contributed by atoms with E-state index < -0.39 is 40.2 Å². The van der Waals surface area contributed by atoms with Gasteiger partial charge in [0, 0.05) is 12.1 Å². The van der Waals surface area contributed by atoms with Crippen molar-refractivity contribution in [1.82, 2.24) is 0 Å². The molecule has 0 heterocycles. The van der Waals surface area contributed by atoms with Gasteiger partial charge in [-0.25, -0.2) is 22.0 Å². The second kappa shape index (κ2) is 7.26. The van der Waals surface area contributed by atoms with E-state index in [-0.39, 0.29) is 17.7 Å². The third kappa shape index (κ3) is 4.08. The van der Waals surface area contributed by atoms with Crippen LogP contribution in [0.1, 0.15) is 58.2 Å². The highest BCUT2D eigenvalue weighted by Gasteiger charge is 2.27. The van der Waals surface area contributed by atoms with E-state index in [4.69, 9.17) is 0 Å². The molecule has 0 saturated carbocycles. The summed E-state index contributed by atoms with van der Waals surface area (Å²) in [5, 5.41) is 12.9. The molecule has 2 aromatic rings. The van der Waals surface area contributed by atoms with E-state index in [9.17, 15) is 27.1 Å². The Morgan fingerprint density at radius 2 is 1.21 bits per heavy atom. The molecular formula is C21H24F5NO. The van der Waals surface area contributed by atoms with E-state index in [0.717, 1.165) is 5.56 Å². The van der Waals surface area contributed by atoms with Gasteiger partial charge in [0.2, 0.25) is 5.82 Å². The van der Waals surface area contributed by atoms with Crippen molar-refractivity contribution < 1.29 is 27.1 Å². The highest BCUT2D eigenvalue weighted by atomic mass is 19.2. The predicted molar refractivity (Wildman–Crippen MR) is 99.1 cm³/mol. The Bertz CT molecular complexity index is 882. The molecule has 0 spiro atoms. The van der Waals surface area contributed by atoms with Crippen molar-refractivity contribution in [1.29, 1.82) is 0 Å². The molecule has 2 nitrogen and oxygen atoms in total. The van der Waals surface area contributed by atoms with Crippen molar-refractivity contribution in [3.63, 3.8) is 0 Å². The van der Waals surface area contributed by atoms with Crippen LogP contribution in [-0.2, 0) is 17.4 Å². The molecule has 28 heavy (non-hydrogen) atoms. The maximum Gasteiger partial charge on any atom is 0.200 e. The minimum Gasteiger partial charge on any atom is -0.507 e. The lowest BCUT2D eigenvalue weighted by Crippen LogP contribution is -2.18. The zero-order valence-corrected chi connectivity index (χ0v) is 16.7. The standard InChI is InChI=1S/C21H24F5NO/c1-20(2,3)11-7-10(19(28)12(8-11)21(4,5)6)9-27-18-16(25)14(23)13(22)15(24)17(18)26/h7-8,27-28H,9H2,1-6H3. The topological polar surface area (TPSA) is 32.3 Å². The van der Waals surface area contributed by atoms with E-state index in [1.807, 2.05) is 47.6 Å². The van der Waals surface area contributed by atoms with Crippen molar-refractivity contribution >= 4 is 5.69 Å². The molecule has 2 aromatic carbocycles. The van der Waals surface area contributed by atoms with Gasteiger partial charge < -0.3 is 10.4 Å². The summed E-state index contributed by atoms with van der Waals surface area (Å²) in [4.78, 5) is 0. The maximum atomic E-state index is 13.9. The average Bonchev–Trinajstić information content (AvgIpc) is 2.57. The van der Waals surface area contributed by atoms with Crippen LogP contribution in [-0.4, -0.2) is 5.11 Å². The number of halogens is 5. The molecule has 0 aromatic heterocycles. The fourth-order valence-corrected chi connectivity index (χ4v) is 2.78. The molecule has 0 unspecified atom stereocenters. The first-order chi connectivity index (χ1) is 12.7. The zero-order chi connectivity index (χ0) is 21.6. The maximum absolute atomic E-state index is 13.9. The molecular weight excluding hydrogens is 377 g/mol. The van der Waals surface area contributed by atoms with Crippen LogP contribution in [0.3, 0.4) is 0 Å². The third-order valence-electron chi connectivity index (χ3n) is 4.53. The lowest BCUT2D eigenvalue weighted by atomic mass is 9.79. The summed E-state index contributed by atoms with van der Waals surface area (Å²) in [7, 11) is 0. The summed E-state index contributed by atoms with van der Waals surface area (Å²) in [6, 6.07) is 3.51. The molecule has 0 aliphatic heterocycles. The van der Waals surface area contributed by atoms with Gasteiger partial charge in [-0.15, -0.1) is 0 Å². The number of anilines is 1. The Kier molecular flexibility index (Phi) is 5.70. The largest absolute Gasteiger partial charge is 0.507 e. The normalized spacial score (nSPS) is 12.4. The number of aromatic hydroxyl groups is 1. The van der Waals surface area contributed by atoms with Gasteiger partial charge in [-0.05, 0) is 28.0 Å². The minimum absolute atomic E-state index is 0.0862. The third-order valence-corrected chi connectivity index (χ3v) is 4.53. The van der Waals surface area contributed by atoms with Crippen LogP contribution >= 0.6 is 0 Å². The second-order valence-corrected chi connectivity index (χ2v) is 8.83. The van der Waals surface area contributed by atoms with Crippen LogP contribution in [0.2, 0.25) is 0 Å². The first kappa shape index (κ1) is 22.0. The van der Waals surface area contributed by atoms with Crippen molar-refractivity contribution in [2.24, 2.45) is 0 Å². The summed E-state index contributed by atoms with van der Waals surface area (Å²) in [6.45, 7) is 11.3. The molecule has 7 heteroatoms. The van der Waals surface area contributed by atoms with Gasteiger partial charge >= 0.3 is 0 Å². The van der Waals surface area contributed by atoms with Crippen molar-refractivity contribution in [2.45, 2.75) is 58.9 Å². The number of hydrogen-bond donors (Lipinski definition) is 2. The molecule has 0 fully saturated rings. The molecule has 0 amide bonds. The molecule has 0 bridgehead atoms. The first-order valence-electron chi connectivity index (χ1n) is 8.78. The fourth-order valence-electron chi connectivity index (χ4n) is 2.78. The number of hydrogen-bond acceptors (Lipinski definition) is 2. The highest BCUT2D eigenvalue weighted by Crippen LogP contribution is 2.38.